The number of anilines is 4. The Morgan fingerprint density at radius 3 is 2.49 bits per heavy atom. The number of nitriles is 1. The molecule has 0 atom stereocenters. The summed E-state index contributed by atoms with van der Waals surface area (Å²) in [5.74, 6) is -3.77. The number of benzene rings is 1. The summed E-state index contributed by atoms with van der Waals surface area (Å²) in [5, 5.41) is 14.8. The quantitative estimate of drug-likeness (QED) is 0.435. The molecule has 2 aromatic rings. The first-order valence-corrected chi connectivity index (χ1v) is 14.8. The maximum Gasteiger partial charge on any atom is 0.342 e. The van der Waals surface area contributed by atoms with Crippen LogP contribution in [0, 0.1) is 17.0 Å². The van der Waals surface area contributed by atoms with Crippen LogP contribution in [-0.2, 0) is 4.79 Å². The number of hydrogen-bond acceptors (Lipinski definition) is 8. The van der Waals surface area contributed by atoms with Gasteiger partial charge in [-0.25, -0.2) is 14.6 Å². The molecule has 0 unspecified atom stereocenters. The molecule has 1 aromatic heterocycles. The summed E-state index contributed by atoms with van der Waals surface area (Å²) in [4.78, 5) is 36.4. The van der Waals surface area contributed by atoms with Gasteiger partial charge in [-0.3, -0.25) is 9.59 Å². The van der Waals surface area contributed by atoms with Gasteiger partial charge < -0.3 is 25.2 Å². The Kier molecular flexibility index (Phi) is 10.0. The molecule has 14 heteroatoms. The molecular formula is C29H37BF3N7O3. The minimum atomic E-state index is -3.61. The lowest BCUT2D eigenvalue weighted by atomic mass is 9.42. The summed E-state index contributed by atoms with van der Waals surface area (Å²) in [6.45, 7) is 3.17. The van der Waals surface area contributed by atoms with E-state index in [0.717, 1.165) is 23.8 Å². The molecule has 10 nitrogen and oxygen atoms in total. The van der Waals surface area contributed by atoms with Gasteiger partial charge in [0.15, 0.2) is 5.82 Å². The van der Waals surface area contributed by atoms with Crippen LogP contribution in [0.25, 0.3) is 0 Å². The number of alkyl halides is 2. The van der Waals surface area contributed by atoms with Crippen molar-refractivity contribution >= 4 is 41.7 Å². The van der Waals surface area contributed by atoms with Crippen LogP contribution in [0.15, 0.2) is 18.3 Å². The SMILES string of the molecule is CC.COc1cc(C(=O)NC2CCB(C#N)CC2)c(F)cc1Nc1ncc2c(n1)N(C1CCCC1)CC(F)(F)C(=O)N2C. The number of carbonyl (C=O) groups is 2. The Labute approximate surface area is 250 Å². The predicted octanol–water partition coefficient (Wildman–Crippen LogP) is 5.20. The van der Waals surface area contributed by atoms with Crippen molar-refractivity contribution in [3.8, 4) is 11.7 Å². The molecule has 0 bridgehead atoms. The van der Waals surface area contributed by atoms with E-state index >= 15 is 4.39 Å². The first-order valence-electron chi connectivity index (χ1n) is 14.8. The van der Waals surface area contributed by atoms with Gasteiger partial charge in [-0.1, -0.05) is 39.3 Å². The molecule has 2 N–H and O–H groups in total. The van der Waals surface area contributed by atoms with E-state index in [1.807, 2.05) is 13.8 Å². The molecule has 0 spiro atoms. The van der Waals surface area contributed by atoms with E-state index < -0.39 is 30.1 Å². The average Bonchev–Trinajstić information content (AvgIpc) is 3.53. The summed E-state index contributed by atoms with van der Waals surface area (Å²) < 4.78 is 50.3. The molecule has 0 radical (unpaired) electrons. The van der Waals surface area contributed by atoms with E-state index in [9.17, 15) is 18.4 Å². The van der Waals surface area contributed by atoms with Crippen LogP contribution in [0.2, 0.25) is 12.6 Å². The Morgan fingerprint density at radius 1 is 1.19 bits per heavy atom. The van der Waals surface area contributed by atoms with Gasteiger partial charge in [0.2, 0.25) is 5.95 Å². The number of hydrogen-bond donors (Lipinski definition) is 2. The predicted molar refractivity (Wildman–Crippen MR) is 159 cm³/mol. The van der Waals surface area contributed by atoms with Gasteiger partial charge >= 0.3 is 5.92 Å². The lowest BCUT2D eigenvalue weighted by Gasteiger charge is -2.31. The fourth-order valence-corrected chi connectivity index (χ4v) is 5.85. The molecule has 43 heavy (non-hydrogen) atoms. The Hall–Kier alpha value is -4.02. The van der Waals surface area contributed by atoms with Crippen LogP contribution in [-0.4, -0.2) is 67.2 Å². The first kappa shape index (κ1) is 31.9. The average molecular weight is 599 g/mol. The van der Waals surface area contributed by atoms with Crippen molar-refractivity contribution in [3.05, 3.63) is 29.7 Å². The van der Waals surface area contributed by atoms with Gasteiger partial charge in [-0.2, -0.15) is 13.8 Å². The molecule has 5 rings (SSSR count). The van der Waals surface area contributed by atoms with Crippen molar-refractivity contribution in [2.75, 3.05) is 35.8 Å². The van der Waals surface area contributed by atoms with Crippen molar-refractivity contribution in [2.24, 2.45) is 0 Å². The number of amides is 2. The second-order valence-electron chi connectivity index (χ2n) is 10.8. The molecule has 1 aliphatic carbocycles. The second kappa shape index (κ2) is 13.5. The van der Waals surface area contributed by atoms with Gasteiger partial charge in [-0.15, -0.1) is 0 Å². The lowest BCUT2D eigenvalue weighted by Crippen LogP contribution is -2.48. The molecule has 2 amide bonds. The molecule has 2 aliphatic heterocycles. The maximum absolute atomic E-state index is 15.2. The number of nitrogens with one attached hydrogen (secondary N) is 2. The molecule has 3 aliphatic rings. The van der Waals surface area contributed by atoms with Crippen molar-refractivity contribution in [1.82, 2.24) is 15.3 Å². The van der Waals surface area contributed by atoms with E-state index in [1.54, 1.807) is 0 Å². The number of fused-ring (bicyclic) bond motifs is 1. The number of halogens is 3. The van der Waals surface area contributed by atoms with Gasteiger partial charge in [-0.05, 0) is 31.7 Å². The van der Waals surface area contributed by atoms with Crippen LogP contribution in [0.4, 0.5) is 36.3 Å². The van der Waals surface area contributed by atoms with Gasteiger partial charge in [0.05, 0.1) is 31.1 Å². The third-order valence-corrected chi connectivity index (χ3v) is 8.16. The lowest BCUT2D eigenvalue weighted by molar-refractivity contribution is -0.140. The van der Waals surface area contributed by atoms with Crippen LogP contribution in [0.1, 0.15) is 62.7 Å². The van der Waals surface area contributed by atoms with E-state index in [2.05, 4.69) is 26.6 Å². The van der Waals surface area contributed by atoms with Crippen LogP contribution < -0.4 is 25.2 Å². The standard InChI is InChI=1S/C27H31BF3N7O3.C2H6/c1-37-21-13-33-26(36-23(21)38(17-5-3-4-6-17)14-27(30,31)25(37)40)35-20-12-19(29)18(11-22(20)41-2)24(39)34-16-7-9-28(15-32)10-8-16;1-2/h11-13,16-17H,3-10,14H2,1-2H3,(H,34,39)(H,33,35,36);1-2H3. The minimum Gasteiger partial charge on any atom is -0.495 e. The summed E-state index contributed by atoms with van der Waals surface area (Å²) in [6.07, 6.45) is 7.10. The number of carbonyl (C=O) groups excluding carboxylic acids is 2. The zero-order valence-electron chi connectivity index (χ0n) is 24.9. The number of aromatic nitrogens is 2. The zero-order chi connectivity index (χ0) is 31.3. The van der Waals surface area contributed by atoms with Crippen molar-refractivity contribution < 1.29 is 27.5 Å². The number of rotatable bonds is 6. The smallest absolute Gasteiger partial charge is 0.342 e. The number of ether oxygens (including phenoxy) is 1. The largest absolute Gasteiger partial charge is 0.495 e. The molecule has 2 fully saturated rings. The van der Waals surface area contributed by atoms with Crippen molar-refractivity contribution in [3.63, 3.8) is 0 Å². The maximum atomic E-state index is 15.2. The van der Waals surface area contributed by atoms with Crippen LogP contribution in [0.3, 0.4) is 0 Å². The Bertz CT molecular complexity index is 1380. The molecule has 1 aromatic carbocycles. The van der Waals surface area contributed by atoms with E-state index in [-0.39, 0.29) is 53.3 Å². The van der Waals surface area contributed by atoms with Crippen LogP contribution in [0.5, 0.6) is 5.75 Å². The van der Waals surface area contributed by atoms with Crippen molar-refractivity contribution in [1.29, 1.82) is 5.26 Å². The summed E-state index contributed by atoms with van der Waals surface area (Å²) >= 11 is 0. The topological polar surface area (TPSA) is 123 Å². The first-order chi connectivity index (χ1) is 20.6. The van der Waals surface area contributed by atoms with Crippen molar-refractivity contribution in [2.45, 2.75) is 83.0 Å². The summed E-state index contributed by atoms with van der Waals surface area (Å²) in [6, 6.07) is 2.01. The van der Waals surface area contributed by atoms with E-state index in [1.165, 1.54) is 31.3 Å². The van der Waals surface area contributed by atoms with Gasteiger partial charge in [0.1, 0.15) is 17.3 Å². The highest BCUT2D eigenvalue weighted by molar-refractivity contribution is 6.67. The second-order valence-corrected chi connectivity index (χ2v) is 10.8. The molecule has 3 heterocycles. The molecule has 230 valence electrons. The van der Waals surface area contributed by atoms with Crippen LogP contribution >= 0.6 is 0 Å². The summed E-state index contributed by atoms with van der Waals surface area (Å²) in [7, 11) is 2.63. The molecule has 1 saturated carbocycles. The number of nitrogens with zero attached hydrogens (tertiary/aromatic N) is 5. The van der Waals surface area contributed by atoms with Gasteiger partial charge in [0.25, 0.3) is 18.5 Å². The monoisotopic (exact) mass is 599 g/mol. The van der Waals surface area contributed by atoms with E-state index in [4.69, 9.17) is 10.00 Å². The minimum absolute atomic E-state index is 0.0121. The fourth-order valence-electron chi connectivity index (χ4n) is 5.85. The molecular weight excluding hydrogens is 562 g/mol. The highest BCUT2D eigenvalue weighted by atomic mass is 19.3. The third-order valence-electron chi connectivity index (χ3n) is 8.16. The highest BCUT2D eigenvalue weighted by Crippen LogP contribution is 2.40. The van der Waals surface area contributed by atoms with Gasteiger partial charge in [0, 0.05) is 31.2 Å². The fraction of sp³-hybridized carbons (Fsp3) is 0.552. The van der Waals surface area contributed by atoms with E-state index in [0.29, 0.717) is 38.3 Å². The summed E-state index contributed by atoms with van der Waals surface area (Å²) in [5.41, 5.74) is 0.0813. The Morgan fingerprint density at radius 2 is 1.86 bits per heavy atom. The zero-order valence-corrected chi connectivity index (χ0v) is 24.9. The highest BCUT2D eigenvalue weighted by Gasteiger charge is 2.48. The third kappa shape index (κ3) is 6.81. The molecule has 1 saturated heterocycles. The normalized spacial score (nSPS) is 18.7. The Balaban J connectivity index is 0.00000207. The number of methoxy groups -OCH3 is 1.